The fraction of sp³-hybridized carbons (Fsp3) is 0.478. The molecule has 2 aliphatic rings. The van der Waals surface area contributed by atoms with E-state index in [-0.39, 0.29) is 39.8 Å². The number of sulfonamides is 1. The quantitative estimate of drug-likeness (QED) is 0.502. The first-order valence-corrected chi connectivity index (χ1v) is 13.8. The predicted molar refractivity (Wildman–Crippen MR) is 134 cm³/mol. The Morgan fingerprint density at radius 2 is 1.83 bits per heavy atom. The molecule has 2 N–H and O–H groups in total. The molecule has 1 amide bonds. The number of nitrogens with one attached hydrogen (secondary N) is 2. The highest BCUT2D eigenvalue weighted by atomic mass is 35.5. The van der Waals surface area contributed by atoms with Crippen LogP contribution in [0, 0.1) is 5.82 Å². The van der Waals surface area contributed by atoms with Gasteiger partial charge in [-0.1, -0.05) is 23.2 Å². The number of piperidine rings is 1. The normalized spacial score (nSPS) is 22.1. The van der Waals surface area contributed by atoms with Crippen molar-refractivity contribution >= 4 is 50.6 Å². The lowest BCUT2D eigenvalue weighted by Gasteiger charge is -2.40. The van der Waals surface area contributed by atoms with E-state index in [1.807, 2.05) is 6.07 Å². The van der Waals surface area contributed by atoms with Crippen LogP contribution < -0.4 is 19.7 Å². The molecule has 0 saturated carbocycles. The Bertz CT molecular complexity index is 1210. The van der Waals surface area contributed by atoms with E-state index < -0.39 is 21.4 Å². The molecule has 190 valence electrons. The van der Waals surface area contributed by atoms with Crippen LogP contribution in [0.3, 0.4) is 0 Å². The highest BCUT2D eigenvalue weighted by Gasteiger charge is 2.43. The van der Waals surface area contributed by atoms with Gasteiger partial charge in [0, 0.05) is 24.2 Å². The lowest BCUT2D eigenvalue weighted by atomic mass is 9.96. The smallest absolute Gasteiger partial charge is 0.263 e. The van der Waals surface area contributed by atoms with Gasteiger partial charge in [-0.2, -0.15) is 0 Å². The molecular formula is C23H27Cl2FN4O4S. The van der Waals surface area contributed by atoms with Crippen LogP contribution in [-0.4, -0.2) is 49.3 Å². The van der Waals surface area contributed by atoms with Crippen molar-refractivity contribution in [1.82, 2.24) is 10.3 Å². The SMILES string of the molecule is CC(C)(Oc1cc(Cl)c(F)cc1Cl)C(=O)NC1CC2CCC(C1)N2c1ccc(NS(C)(=O)=O)cn1. The number of carbonyl (C=O) groups is 1. The number of ether oxygens (including phenoxy) is 1. The monoisotopic (exact) mass is 544 g/mol. The van der Waals surface area contributed by atoms with Crippen LogP contribution in [0.1, 0.15) is 39.5 Å². The highest BCUT2D eigenvalue weighted by molar-refractivity contribution is 7.92. The van der Waals surface area contributed by atoms with Crippen molar-refractivity contribution in [2.24, 2.45) is 0 Å². The largest absolute Gasteiger partial charge is 0.476 e. The lowest BCUT2D eigenvalue weighted by Crippen LogP contribution is -2.55. The molecule has 2 fully saturated rings. The van der Waals surface area contributed by atoms with E-state index in [2.05, 4.69) is 19.9 Å². The summed E-state index contributed by atoms with van der Waals surface area (Å²) in [5.74, 6) is -0.0497. The van der Waals surface area contributed by atoms with Gasteiger partial charge in [-0.3, -0.25) is 9.52 Å². The third kappa shape index (κ3) is 5.92. The van der Waals surface area contributed by atoms with Crippen molar-refractivity contribution < 1.29 is 22.3 Å². The Labute approximate surface area is 214 Å². The topological polar surface area (TPSA) is 101 Å². The zero-order chi connectivity index (χ0) is 25.5. The standard InChI is InChI=1S/C23H27Cl2FN4O4S/c1-23(2,34-20-11-17(24)19(26)10-18(20)25)22(31)28-14-8-15-5-6-16(9-14)30(15)21-7-4-13(12-27-21)29-35(3,32)33/h4,7,10-12,14-16,29H,5-6,8-9H2,1-3H3,(H,28,31). The van der Waals surface area contributed by atoms with Crippen molar-refractivity contribution in [2.45, 2.75) is 63.3 Å². The average Bonchev–Trinajstić information content (AvgIpc) is 3.01. The molecule has 0 radical (unpaired) electrons. The van der Waals surface area contributed by atoms with Gasteiger partial charge in [0.2, 0.25) is 10.0 Å². The van der Waals surface area contributed by atoms with Gasteiger partial charge in [0.05, 0.1) is 28.2 Å². The molecule has 2 saturated heterocycles. The average molecular weight is 545 g/mol. The number of hydrogen-bond donors (Lipinski definition) is 2. The molecule has 2 bridgehead atoms. The summed E-state index contributed by atoms with van der Waals surface area (Å²) in [7, 11) is -3.37. The Morgan fingerprint density at radius 3 is 2.40 bits per heavy atom. The number of rotatable bonds is 7. The Balaban J connectivity index is 1.39. The second-order valence-corrected chi connectivity index (χ2v) is 12.1. The summed E-state index contributed by atoms with van der Waals surface area (Å²) in [6.07, 6.45) is 6.04. The van der Waals surface area contributed by atoms with E-state index in [4.69, 9.17) is 27.9 Å². The molecule has 35 heavy (non-hydrogen) atoms. The van der Waals surface area contributed by atoms with Crippen molar-refractivity contribution in [3.63, 3.8) is 0 Å². The van der Waals surface area contributed by atoms with Gasteiger partial charge < -0.3 is 15.0 Å². The molecule has 12 heteroatoms. The number of halogens is 3. The van der Waals surface area contributed by atoms with Crippen LogP contribution >= 0.6 is 23.2 Å². The van der Waals surface area contributed by atoms with Gasteiger partial charge in [-0.05, 0) is 57.7 Å². The Morgan fingerprint density at radius 1 is 1.17 bits per heavy atom. The summed E-state index contributed by atoms with van der Waals surface area (Å²) in [4.78, 5) is 19.8. The van der Waals surface area contributed by atoms with Crippen molar-refractivity contribution in [3.05, 3.63) is 46.3 Å². The summed E-state index contributed by atoms with van der Waals surface area (Å²) < 4.78 is 44.7. The van der Waals surface area contributed by atoms with Crippen LogP contribution in [-0.2, 0) is 14.8 Å². The first kappa shape index (κ1) is 25.8. The second kappa shape index (κ2) is 9.63. The fourth-order valence-corrected chi connectivity index (χ4v) is 5.64. The molecule has 2 aliphatic heterocycles. The number of amides is 1. The molecule has 1 aromatic heterocycles. The number of aromatic nitrogens is 1. The van der Waals surface area contributed by atoms with Crippen LogP contribution in [0.25, 0.3) is 0 Å². The third-order valence-corrected chi connectivity index (χ3v) is 7.46. The van der Waals surface area contributed by atoms with Crippen molar-refractivity contribution in [3.8, 4) is 5.75 Å². The maximum absolute atomic E-state index is 13.6. The van der Waals surface area contributed by atoms with E-state index in [1.54, 1.807) is 19.9 Å². The minimum Gasteiger partial charge on any atom is -0.476 e. The van der Waals surface area contributed by atoms with Crippen LogP contribution in [0.5, 0.6) is 5.75 Å². The van der Waals surface area contributed by atoms with Gasteiger partial charge in [-0.25, -0.2) is 17.8 Å². The number of fused-ring (bicyclic) bond motifs is 2. The molecule has 8 nitrogen and oxygen atoms in total. The Kier molecular flexibility index (Phi) is 7.09. The predicted octanol–water partition coefficient (Wildman–Crippen LogP) is 4.37. The molecular weight excluding hydrogens is 518 g/mol. The second-order valence-electron chi connectivity index (χ2n) is 9.52. The molecule has 2 aromatic rings. The van der Waals surface area contributed by atoms with E-state index in [9.17, 15) is 17.6 Å². The molecule has 3 heterocycles. The van der Waals surface area contributed by atoms with E-state index in [0.717, 1.165) is 43.8 Å². The minimum absolute atomic E-state index is 0.0318. The number of nitrogens with zero attached hydrogens (tertiary/aromatic N) is 2. The maximum Gasteiger partial charge on any atom is 0.263 e. The minimum atomic E-state index is -3.37. The van der Waals surface area contributed by atoms with Gasteiger partial charge in [0.15, 0.2) is 5.60 Å². The number of anilines is 2. The number of carbonyl (C=O) groups excluding carboxylic acids is 1. The summed E-state index contributed by atoms with van der Waals surface area (Å²) in [6, 6.07) is 6.19. The number of pyridine rings is 1. The molecule has 4 rings (SSSR count). The molecule has 0 aliphatic carbocycles. The zero-order valence-electron chi connectivity index (χ0n) is 19.5. The first-order valence-electron chi connectivity index (χ1n) is 11.2. The molecule has 2 atom stereocenters. The first-order chi connectivity index (χ1) is 16.3. The maximum atomic E-state index is 13.6. The molecule has 1 aromatic carbocycles. The van der Waals surface area contributed by atoms with Crippen LogP contribution in [0.2, 0.25) is 10.0 Å². The van der Waals surface area contributed by atoms with E-state index >= 15 is 0 Å². The molecule has 0 spiro atoms. The summed E-state index contributed by atoms with van der Waals surface area (Å²) >= 11 is 11.9. The third-order valence-electron chi connectivity index (χ3n) is 6.27. The zero-order valence-corrected chi connectivity index (χ0v) is 21.8. The summed E-state index contributed by atoms with van der Waals surface area (Å²) in [6.45, 7) is 3.24. The van der Waals surface area contributed by atoms with E-state index in [0.29, 0.717) is 5.69 Å². The summed E-state index contributed by atoms with van der Waals surface area (Å²) in [5.41, 5.74) is -0.846. The number of benzene rings is 1. The summed E-state index contributed by atoms with van der Waals surface area (Å²) in [5, 5.41) is 2.99. The van der Waals surface area contributed by atoms with Gasteiger partial charge in [0.1, 0.15) is 17.4 Å². The van der Waals surface area contributed by atoms with Gasteiger partial charge in [-0.15, -0.1) is 0 Å². The van der Waals surface area contributed by atoms with Crippen molar-refractivity contribution in [2.75, 3.05) is 15.9 Å². The van der Waals surface area contributed by atoms with Crippen LogP contribution in [0.4, 0.5) is 15.9 Å². The fourth-order valence-electron chi connectivity index (χ4n) is 4.75. The lowest BCUT2D eigenvalue weighted by molar-refractivity contribution is -0.135. The van der Waals surface area contributed by atoms with Gasteiger partial charge >= 0.3 is 0 Å². The Hall–Kier alpha value is -2.30. The van der Waals surface area contributed by atoms with E-state index in [1.165, 1.54) is 12.3 Å². The highest BCUT2D eigenvalue weighted by Crippen LogP contribution is 2.39. The number of hydrogen-bond acceptors (Lipinski definition) is 6. The molecule has 2 unspecified atom stereocenters. The van der Waals surface area contributed by atoms with Gasteiger partial charge in [0.25, 0.3) is 5.91 Å². The van der Waals surface area contributed by atoms with Crippen molar-refractivity contribution in [1.29, 1.82) is 0 Å². The van der Waals surface area contributed by atoms with Crippen LogP contribution in [0.15, 0.2) is 30.5 Å².